The van der Waals surface area contributed by atoms with Crippen molar-refractivity contribution >= 4 is 34.1 Å². The van der Waals surface area contributed by atoms with Crippen LogP contribution in [0.25, 0.3) is 22.4 Å². The first-order chi connectivity index (χ1) is 19.8. The van der Waals surface area contributed by atoms with Crippen LogP contribution in [0.1, 0.15) is 5.56 Å². The van der Waals surface area contributed by atoms with Crippen molar-refractivity contribution in [1.82, 2.24) is 4.98 Å². The molecular weight excluding hydrogens is 488 g/mol. The van der Waals surface area contributed by atoms with Crippen LogP contribution >= 0.6 is 0 Å². The molecule has 7 rings (SSSR count). The molecule has 4 nitrogen and oxygen atoms in total. The van der Waals surface area contributed by atoms with Gasteiger partial charge in [-0.3, -0.25) is 4.98 Å². The van der Waals surface area contributed by atoms with E-state index in [1.165, 1.54) is 0 Å². The van der Waals surface area contributed by atoms with Gasteiger partial charge in [-0.15, -0.1) is 0 Å². The van der Waals surface area contributed by atoms with E-state index in [0.717, 1.165) is 56.5 Å². The fraction of sp³-hybridized carbons (Fsp3) is 0. The van der Waals surface area contributed by atoms with Gasteiger partial charge in [-0.25, -0.2) is 0 Å². The summed E-state index contributed by atoms with van der Waals surface area (Å²) in [5.41, 5.74) is 11.2. The maximum atomic E-state index is 9.39. The predicted octanol–water partition coefficient (Wildman–Crippen LogP) is 9.54. The van der Waals surface area contributed by atoms with E-state index in [9.17, 15) is 5.26 Å². The molecule has 0 radical (unpaired) electrons. The topological polar surface area (TPSA) is 43.2 Å². The van der Waals surface area contributed by atoms with Gasteiger partial charge in [0.05, 0.1) is 45.8 Å². The highest BCUT2D eigenvalue weighted by molar-refractivity contribution is 6.03. The number of anilines is 6. The summed E-state index contributed by atoms with van der Waals surface area (Å²) in [7, 11) is 0. The van der Waals surface area contributed by atoms with E-state index in [1.54, 1.807) is 12.3 Å². The van der Waals surface area contributed by atoms with Crippen molar-refractivity contribution < 1.29 is 0 Å². The van der Waals surface area contributed by atoms with Gasteiger partial charge in [-0.1, -0.05) is 78.9 Å². The lowest BCUT2D eigenvalue weighted by atomic mass is 9.97. The number of aromatic nitrogens is 1. The summed E-state index contributed by atoms with van der Waals surface area (Å²) in [6, 6.07) is 50.3. The lowest BCUT2D eigenvalue weighted by molar-refractivity contribution is 1.17. The van der Waals surface area contributed by atoms with Crippen LogP contribution in [0.3, 0.4) is 0 Å². The number of para-hydroxylation sites is 6. The Morgan fingerprint density at radius 1 is 0.500 bits per heavy atom. The number of fused-ring (bicyclic) bond motifs is 2. The fourth-order valence-corrected chi connectivity index (χ4v) is 5.48. The Morgan fingerprint density at radius 3 is 1.75 bits per heavy atom. The maximum absolute atomic E-state index is 9.39. The first kappa shape index (κ1) is 23.5. The molecule has 0 saturated carbocycles. The first-order valence-electron chi connectivity index (χ1n) is 13.2. The van der Waals surface area contributed by atoms with E-state index in [2.05, 4.69) is 136 Å². The van der Waals surface area contributed by atoms with Crippen LogP contribution in [0.4, 0.5) is 34.1 Å². The number of nitrogens with zero attached hydrogens (tertiary/aromatic N) is 4. The monoisotopic (exact) mass is 512 g/mol. The van der Waals surface area contributed by atoms with Crippen LogP contribution in [0.15, 0.2) is 146 Å². The van der Waals surface area contributed by atoms with Crippen LogP contribution in [0, 0.1) is 11.3 Å². The van der Waals surface area contributed by atoms with Gasteiger partial charge in [0.15, 0.2) is 0 Å². The molecule has 6 aromatic rings. The molecule has 1 aliphatic heterocycles. The average molecular weight is 513 g/mol. The minimum Gasteiger partial charge on any atom is -0.306 e. The maximum Gasteiger partial charge on any atom is 0.0992 e. The van der Waals surface area contributed by atoms with E-state index in [-0.39, 0.29) is 0 Å². The molecule has 0 spiro atoms. The molecule has 0 saturated heterocycles. The molecule has 188 valence electrons. The SMILES string of the molecule is N#Cc1ccnc(-c2cccc(-c3ccccc3N3c4ccccc4N(c4ccccc4)c4ccccc43)c2)c1. The Morgan fingerprint density at radius 2 is 1.07 bits per heavy atom. The molecule has 1 aliphatic rings. The zero-order valence-electron chi connectivity index (χ0n) is 21.6. The Labute approximate surface area is 233 Å². The summed E-state index contributed by atoms with van der Waals surface area (Å²) < 4.78 is 0. The van der Waals surface area contributed by atoms with Crippen LogP contribution in [0.2, 0.25) is 0 Å². The molecule has 0 amide bonds. The first-order valence-corrected chi connectivity index (χ1v) is 13.2. The molecule has 0 fully saturated rings. The third-order valence-electron chi connectivity index (χ3n) is 7.24. The normalized spacial score (nSPS) is 11.9. The van der Waals surface area contributed by atoms with Gasteiger partial charge in [0.1, 0.15) is 0 Å². The molecular formula is C36H24N4. The minimum atomic E-state index is 0.598. The third-order valence-corrected chi connectivity index (χ3v) is 7.24. The smallest absolute Gasteiger partial charge is 0.0992 e. The van der Waals surface area contributed by atoms with Crippen LogP contribution in [0.5, 0.6) is 0 Å². The molecule has 0 atom stereocenters. The molecule has 0 unspecified atom stereocenters. The third kappa shape index (κ3) is 3.98. The van der Waals surface area contributed by atoms with Gasteiger partial charge in [0.2, 0.25) is 0 Å². The molecule has 2 heterocycles. The lowest BCUT2D eigenvalue weighted by Gasteiger charge is -2.41. The summed E-state index contributed by atoms with van der Waals surface area (Å²) in [6.07, 6.45) is 1.69. The quantitative estimate of drug-likeness (QED) is 0.235. The van der Waals surface area contributed by atoms with Crippen LogP contribution < -0.4 is 9.80 Å². The molecule has 5 aromatic carbocycles. The molecule has 40 heavy (non-hydrogen) atoms. The van der Waals surface area contributed by atoms with Gasteiger partial charge in [-0.05, 0) is 66.2 Å². The zero-order valence-corrected chi connectivity index (χ0v) is 21.6. The number of hydrogen-bond donors (Lipinski definition) is 0. The van der Waals surface area contributed by atoms with E-state index < -0.39 is 0 Å². The Bertz CT molecular complexity index is 1840. The van der Waals surface area contributed by atoms with Gasteiger partial charge in [0.25, 0.3) is 0 Å². The Balaban J connectivity index is 1.41. The fourth-order valence-electron chi connectivity index (χ4n) is 5.48. The summed E-state index contributed by atoms with van der Waals surface area (Å²) in [4.78, 5) is 9.23. The highest BCUT2D eigenvalue weighted by atomic mass is 15.3. The van der Waals surface area contributed by atoms with Crippen molar-refractivity contribution in [3.63, 3.8) is 0 Å². The van der Waals surface area contributed by atoms with Crippen molar-refractivity contribution in [1.29, 1.82) is 5.26 Å². The van der Waals surface area contributed by atoms with Crippen molar-refractivity contribution in [2.75, 3.05) is 9.80 Å². The second-order valence-electron chi connectivity index (χ2n) is 9.62. The van der Waals surface area contributed by atoms with Crippen molar-refractivity contribution in [3.05, 3.63) is 151 Å². The van der Waals surface area contributed by atoms with Crippen molar-refractivity contribution in [2.24, 2.45) is 0 Å². The summed E-state index contributed by atoms with van der Waals surface area (Å²) in [6.45, 7) is 0. The number of pyridine rings is 1. The average Bonchev–Trinajstić information content (AvgIpc) is 3.04. The molecule has 4 heteroatoms. The summed E-state index contributed by atoms with van der Waals surface area (Å²) >= 11 is 0. The number of rotatable bonds is 4. The van der Waals surface area contributed by atoms with Crippen LogP contribution in [-0.4, -0.2) is 4.98 Å². The van der Waals surface area contributed by atoms with Crippen molar-refractivity contribution in [2.45, 2.75) is 0 Å². The van der Waals surface area contributed by atoms with Gasteiger partial charge in [-0.2, -0.15) is 5.26 Å². The Hall–Kier alpha value is -5.66. The van der Waals surface area contributed by atoms with Crippen LogP contribution in [-0.2, 0) is 0 Å². The number of hydrogen-bond acceptors (Lipinski definition) is 4. The minimum absolute atomic E-state index is 0.598. The van der Waals surface area contributed by atoms with E-state index in [1.807, 2.05) is 18.2 Å². The van der Waals surface area contributed by atoms with Gasteiger partial charge >= 0.3 is 0 Å². The summed E-state index contributed by atoms with van der Waals surface area (Å²) in [5.74, 6) is 0. The second kappa shape index (κ2) is 9.90. The van der Waals surface area contributed by atoms with Gasteiger partial charge in [0, 0.05) is 23.0 Å². The van der Waals surface area contributed by atoms with E-state index in [4.69, 9.17) is 0 Å². The van der Waals surface area contributed by atoms with Gasteiger partial charge < -0.3 is 9.80 Å². The molecule has 1 aromatic heterocycles. The molecule has 0 aliphatic carbocycles. The Kier molecular flexibility index (Phi) is 5.81. The molecule has 0 N–H and O–H groups in total. The predicted molar refractivity (Wildman–Crippen MR) is 163 cm³/mol. The largest absolute Gasteiger partial charge is 0.306 e. The van der Waals surface area contributed by atoms with Crippen molar-refractivity contribution in [3.8, 4) is 28.5 Å². The second-order valence-corrected chi connectivity index (χ2v) is 9.62. The highest BCUT2D eigenvalue weighted by Crippen LogP contribution is 2.55. The number of benzene rings is 5. The summed E-state index contributed by atoms with van der Waals surface area (Å²) in [5, 5.41) is 9.39. The van der Waals surface area contributed by atoms with E-state index >= 15 is 0 Å². The molecule has 0 bridgehead atoms. The lowest BCUT2D eigenvalue weighted by Crippen LogP contribution is -2.24. The van der Waals surface area contributed by atoms with E-state index in [0.29, 0.717) is 5.56 Å². The number of nitriles is 1. The highest BCUT2D eigenvalue weighted by Gasteiger charge is 2.31. The zero-order chi connectivity index (χ0) is 26.9. The standard InChI is InChI=1S/C36H24N4/c37-25-26-21-22-38-31(23-26)28-12-10-11-27(24-28)30-15-4-5-16-32(30)40-35-19-8-6-17-33(35)39(29-13-2-1-3-14-29)34-18-7-9-20-36(34)40/h1-24H.